The molecule has 1 saturated heterocycles. The third kappa shape index (κ3) is 2.77. The summed E-state index contributed by atoms with van der Waals surface area (Å²) in [5, 5.41) is 0. The Morgan fingerprint density at radius 1 is 0.944 bits per heavy atom. The fourth-order valence-electron chi connectivity index (χ4n) is 1.70. The van der Waals surface area contributed by atoms with Gasteiger partial charge in [-0.2, -0.15) is 0 Å². The molecule has 0 amide bonds. The predicted octanol–water partition coefficient (Wildman–Crippen LogP) is 2.80. The molecule has 18 heavy (non-hydrogen) atoms. The first-order valence-electron chi connectivity index (χ1n) is 5.03. The number of hydrogen-bond acceptors (Lipinski definition) is 2. The van der Waals surface area contributed by atoms with Gasteiger partial charge in [0.05, 0.1) is 0 Å². The van der Waals surface area contributed by atoms with Crippen LogP contribution in [0.2, 0.25) is 0 Å². The van der Waals surface area contributed by atoms with Gasteiger partial charge in [-0.25, -0.2) is 0 Å². The van der Waals surface area contributed by atoms with Crippen LogP contribution in [0.5, 0.6) is 0 Å². The van der Waals surface area contributed by atoms with Crippen LogP contribution < -0.4 is 3.61 Å². The number of rotatable bonds is 2. The first-order valence-corrected chi connectivity index (χ1v) is 10.6. The molecule has 1 fully saturated rings. The molecular formula is C10H11F5O2Te. The molecule has 2 rings (SSSR count). The Bertz CT molecular complexity index is 461. The Kier molecular flexibility index (Phi) is 2.62. The molecular weight excluding hydrogens is 375 g/mol. The van der Waals surface area contributed by atoms with Crippen LogP contribution in [0.4, 0.5) is 14.5 Å². The van der Waals surface area contributed by atoms with Crippen LogP contribution in [0.3, 0.4) is 0 Å². The molecule has 1 aliphatic heterocycles. The molecule has 1 heterocycles. The van der Waals surface area contributed by atoms with Crippen molar-refractivity contribution in [3.8, 4) is 0 Å². The first-order chi connectivity index (χ1) is 7.91. The molecule has 8 heteroatoms. The summed E-state index contributed by atoms with van der Waals surface area (Å²) in [4.78, 5) is 0. The topological polar surface area (TPSA) is 18.5 Å². The van der Waals surface area contributed by atoms with E-state index >= 15 is 0 Å². The van der Waals surface area contributed by atoms with Crippen LogP contribution in [0, 0.1) is 0 Å². The van der Waals surface area contributed by atoms with Gasteiger partial charge >= 0.3 is 102 Å². The Balaban J connectivity index is 2.38. The molecule has 2 nitrogen and oxygen atoms in total. The van der Waals surface area contributed by atoms with E-state index in [9.17, 15) is 14.5 Å². The molecule has 1 aliphatic rings. The number of ether oxygens (including phenoxy) is 2. The van der Waals surface area contributed by atoms with Gasteiger partial charge in [0, 0.05) is 0 Å². The second-order valence-electron chi connectivity index (χ2n) is 4.14. The monoisotopic (exact) mass is 388 g/mol. The quantitative estimate of drug-likeness (QED) is 0.576. The number of benzene rings is 1. The zero-order valence-electron chi connectivity index (χ0n) is 9.34. The van der Waals surface area contributed by atoms with Crippen molar-refractivity contribution in [3.05, 3.63) is 29.8 Å². The molecule has 0 N–H and O–H groups in total. The number of halogens is 5. The van der Waals surface area contributed by atoms with Crippen molar-refractivity contribution < 1.29 is 23.9 Å². The van der Waals surface area contributed by atoms with Gasteiger partial charge in [-0.05, 0) is 0 Å². The first kappa shape index (κ1) is 14.0. The van der Waals surface area contributed by atoms with Crippen molar-refractivity contribution in [2.75, 3.05) is 13.2 Å². The molecule has 0 atom stereocenters. The summed E-state index contributed by atoms with van der Waals surface area (Å²) in [7, 11) is 0. The van der Waals surface area contributed by atoms with Crippen molar-refractivity contribution in [2.45, 2.75) is 12.7 Å². The molecule has 104 valence electrons. The maximum atomic E-state index is 12.6. The van der Waals surface area contributed by atoms with Crippen molar-refractivity contribution in [2.24, 2.45) is 0 Å². The minimum absolute atomic E-state index is 0.280. The molecule has 1 aromatic rings. The molecule has 0 radical (unpaired) electrons. The second-order valence-corrected chi connectivity index (χ2v) is 11.0. The minimum atomic E-state index is -10.5. The van der Waals surface area contributed by atoms with Gasteiger partial charge in [0.25, 0.3) is 0 Å². The van der Waals surface area contributed by atoms with Crippen LogP contribution in [0.25, 0.3) is 0 Å². The standard InChI is InChI=1S/C10H11F5O2Te/c1-10(16-6-7-17-10)8-2-4-9(5-3-8)18(11,12,13,14)15/h2-5H,6-7H2,1H3. The van der Waals surface area contributed by atoms with Crippen LogP contribution in [-0.4, -0.2) is 31.5 Å². The summed E-state index contributed by atoms with van der Waals surface area (Å²) in [6.45, 7) is 2.15. The van der Waals surface area contributed by atoms with Gasteiger partial charge in [-0.1, -0.05) is 0 Å². The number of hydrogen-bond donors (Lipinski definition) is 0. The third-order valence-electron chi connectivity index (χ3n) is 2.66. The van der Waals surface area contributed by atoms with Crippen LogP contribution in [0.1, 0.15) is 12.5 Å². The molecule has 0 saturated carbocycles. The van der Waals surface area contributed by atoms with Crippen LogP contribution in [-0.2, 0) is 15.3 Å². The summed E-state index contributed by atoms with van der Waals surface area (Å²) in [6, 6.07) is 2.69. The fraction of sp³-hybridized carbons (Fsp3) is 0.400. The van der Waals surface area contributed by atoms with Crippen LogP contribution >= 0.6 is 0 Å². The summed E-state index contributed by atoms with van der Waals surface area (Å²) >= 11 is -10.5. The average molecular weight is 386 g/mol. The van der Waals surface area contributed by atoms with E-state index < -0.39 is 27.7 Å². The van der Waals surface area contributed by atoms with Crippen molar-refractivity contribution in [1.82, 2.24) is 0 Å². The van der Waals surface area contributed by atoms with E-state index in [-0.39, 0.29) is 5.56 Å². The zero-order valence-corrected chi connectivity index (χ0v) is 11.7. The third-order valence-corrected chi connectivity index (χ3v) is 5.98. The molecule has 0 unspecified atom stereocenters. The summed E-state index contributed by atoms with van der Waals surface area (Å²) in [6.07, 6.45) is 0. The van der Waals surface area contributed by atoms with E-state index in [4.69, 9.17) is 9.47 Å². The van der Waals surface area contributed by atoms with Crippen molar-refractivity contribution >= 4 is 21.9 Å². The van der Waals surface area contributed by atoms with Gasteiger partial charge in [0.15, 0.2) is 0 Å². The van der Waals surface area contributed by atoms with E-state index in [0.717, 1.165) is 12.1 Å². The van der Waals surface area contributed by atoms with E-state index in [1.807, 2.05) is 0 Å². The van der Waals surface area contributed by atoms with E-state index in [1.54, 1.807) is 0 Å². The average Bonchev–Trinajstić information content (AvgIpc) is 2.63. The normalized spacial score (nSPS) is 23.4. The van der Waals surface area contributed by atoms with Crippen LogP contribution in [0.15, 0.2) is 24.3 Å². The molecule has 1 aromatic carbocycles. The van der Waals surface area contributed by atoms with E-state index in [1.165, 1.54) is 6.92 Å². The SMILES string of the molecule is CC1(c2ccc([Te](F)(F)(F)(F)F)cc2)OCCO1. The molecule has 0 aromatic heterocycles. The summed E-state index contributed by atoms with van der Waals surface area (Å²) in [5.41, 5.74) is 0.280. The van der Waals surface area contributed by atoms with Gasteiger partial charge in [0.2, 0.25) is 0 Å². The van der Waals surface area contributed by atoms with E-state index in [0.29, 0.717) is 25.3 Å². The zero-order chi connectivity index (χ0) is 13.7. The van der Waals surface area contributed by atoms with Crippen molar-refractivity contribution in [1.29, 1.82) is 0 Å². The van der Waals surface area contributed by atoms with Gasteiger partial charge in [-0.15, -0.1) is 0 Å². The Hall–Kier alpha value is -0.420. The van der Waals surface area contributed by atoms with Gasteiger partial charge in [-0.3, -0.25) is 0 Å². The summed E-state index contributed by atoms with van der Waals surface area (Å²) in [5.74, 6) is -1.16. The summed E-state index contributed by atoms with van der Waals surface area (Å²) < 4.78 is 71.4. The molecule has 0 spiro atoms. The maximum absolute atomic E-state index is 12.6. The van der Waals surface area contributed by atoms with Gasteiger partial charge in [0.1, 0.15) is 0 Å². The Labute approximate surface area is 102 Å². The Morgan fingerprint density at radius 2 is 1.39 bits per heavy atom. The van der Waals surface area contributed by atoms with E-state index in [2.05, 4.69) is 0 Å². The van der Waals surface area contributed by atoms with Crippen molar-refractivity contribution in [3.63, 3.8) is 0 Å². The second kappa shape index (κ2) is 3.37. The predicted molar refractivity (Wildman–Crippen MR) is 56.6 cm³/mol. The fourth-order valence-corrected chi connectivity index (χ4v) is 3.55. The Morgan fingerprint density at radius 3 is 1.78 bits per heavy atom. The van der Waals surface area contributed by atoms with Gasteiger partial charge < -0.3 is 0 Å². The molecule has 0 bridgehead atoms. The molecule has 0 aliphatic carbocycles.